The van der Waals surface area contributed by atoms with E-state index < -0.39 is 10.0 Å². The number of hydrogen-bond donors (Lipinski definition) is 1. The van der Waals surface area contributed by atoms with Crippen molar-refractivity contribution in [1.82, 2.24) is 19.4 Å². The summed E-state index contributed by atoms with van der Waals surface area (Å²) in [5, 5.41) is -0.0561. The van der Waals surface area contributed by atoms with Gasteiger partial charge in [-0.2, -0.15) is 18.4 Å². The third-order valence-corrected chi connectivity index (χ3v) is 5.60. The molecular formula is C13H11Br2N5O4S. The SMILES string of the molecule is COc1nc(NS(=O)(=O)c2cnc3cc(Br)ccn23)nc(OC)c1Br. The van der Waals surface area contributed by atoms with E-state index in [0.717, 1.165) is 4.47 Å². The molecule has 0 atom stereocenters. The van der Waals surface area contributed by atoms with Crippen LogP contribution in [0.1, 0.15) is 0 Å². The minimum absolute atomic E-state index is 0.0561. The van der Waals surface area contributed by atoms with Crippen molar-refractivity contribution >= 4 is 53.5 Å². The van der Waals surface area contributed by atoms with Crippen LogP contribution in [0, 0.1) is 0 Å². The Kier molecular flexibility index (Phi) is 4.84. The molecule has 0 aliphatic heterocycles. The predicted octanol–water partition coefficient (Wildman–Crippen LogP) is 2.47. The van der Waals surface area contributed by atoms with Gasteiger partial charge in [0, 0.05) is 10.7 Å². The van der Waals surface area contributed by atoms with Crippen LogP contribution in [0.2, 0.25) is 0 Å². The number of hydrogen-bond acceptors (Lipinski definition) is 7. The highest BCUT2D eigenvalue weighted by molar-refractivity contribution is 9.11. The lowest BCUT2D eigenvalue weighted by Crippen LogP contribution is -2.17. The summed E-state index contributed by atoms with van der Waals surface area (Å²) < 4.78 is 40.4. The second-order valence-electron chi connectivity index (χ2n) is 4.65. The highest BCUT2D eigenvalue weighted by Gasteiger charge is 2.23. The van der Waals surface area contributed by atoms with Crippen LogP contribution in [-0.2, 0) is 10.0 Å². The maximum absolute atomic E-state index is 12.7. The van der Waals surface area contributed by atoms with Crippen LogP contribution >= 0.6 is 31.9 Å². The Morgan fingerprint density at radius 2 is 1.80 bits per heavy atom. The third-order valence-electron chi connectivity index (χ3n) is 3.12. The monoisotopic (exact) mass is 491 g/mol. The van der Waals surface area contributed by atoms with E-state index in [2.05, 4.69) is 51.5 Å². The molecule has 3 rings (SSSR count). The van der Waals surface area contributed by atoms with Gasteiger partial charge in [-0.15, -0.1) is 0 Å². The molecule has 3 aromatic heterocycles. The molecule has 25 heavy (non-hydrogen) atoms. The molecule has 0 amide bonds. The number of anilines is 1. The van der Waals surface area contributed by atoms with Crippen molar-refractivity contribution in [2.24, 2.45) is 0 Å². The standard InChI is InChI=1S/C13H11Br2N5O4S/c1-23-11-10(15)12(24-2)18-13(17-11)19-25(21,22)9-6-16-8-5-7(14)3-4-20(8)9/h3-6H,1-2H3,(H,17,18,19). The summed E-state index contributed by atoms with van der Waals surface area (Å²) in [6, 6.07) is 3.40. The molecule has 3 aromatic rings. The molecule has 0 spiro atoms. The van der Waals surface area contributed by atoms with E-state index in [1.165, 1.54) is 24.8 Å². The van der Waals surface area contributed by atoms with Crippen LogP contribution in [0.3, 0.4) is 0 Å². The highest BCUT2D eigenvalue weighted by atomic mass is 79.9. The van der Waals surface area contributed by atoms with Gasteiger partial charge in [-0.3, -0.25) is 4.40 Å². The van der Waals surface area contributed by atoms with Crippen molar-refractivity contribution in [2.75, 3.05) is 18.9 Å². The number of ether oxygens (including phenoxy) is 2. The van der Waals surface area contributed by atoms with Gasteiger partial charge < -0.3 is 9.47 Å². The fourth-order valence-corrected chi connectivity index (χ4v) is 3.89. The van der Waals surface area contributed by atoms with E-state index in [1.807, 2.05) is 0 Å². The van der Waals surface area contributed by atoms with Crippen molar-refractivity contribution in [3.63, 3.8) is 0 Å². The van der Waals surface area contributed by atoms with E-state index in [-0.39, 0.29) is 22.7 Å². The number of imidazole rings is 1. The Bertz CT molecular complexity index is 1030. The number of nitrogens with zero attached hydrogens (tertiary/aromatic N) is 4. The molecule has 0 aliphatic carbocycles. The summed E-state index contributed by atoms with van der Waals surface area (Å²) in [5.41, 5.74) is 0.474. The number of sulfonamides is 1. The summed E-state index contributed by atoms with van der Waals surface area (Å²) in [5.74, 6) is 0.0715. The third kappa shape index (κ3) is 3.41. The molecule has 0 aliphatic rings. The number of methoxy groups -OCH3 is 2. The number of pyridine rings is 1. The molecule has 0 saturated carbocycles. The fourth-order valence-electron chi connectivity index (χ4n) is 2.03. The Morgan fingerprint density at radius 3 is 2.40 bits per heavy atom. The van der Waals surface area contributed by atoms with Crippen LogP contribution in [0.4, 0.5) is 5.95 Å². The summed E-state index contributed by atoms with van der Waals surface area (Å²) in [7, 11) is -1.20. The number of fused-ring (bicyclic) bond motifs is 1. The largest absolute Gasteiger partial charge is 0.480 e. The average molecular weight is 493 g/mol. The van der Waals surface area contributed by atoms with E-state index in [4.69, 9.17) is 9.47 Å². The summed E-state index contributed by atoms with van der Waals surface area (Å²) in [6.45, 7) is 0. The van der Waals surface area contributed by atoms with Gasteiger partial charge in [-0.25, -0.2) is 9.71 Å². The second-order valence-corrected chi connectivity index (χ2v) is 7.99. The molecule has 0 radical (unpaired) electrons. The fraction of sp³-hybridized carbons (Fsp3) is 0.154. The first-order valence-corrected chi connectivity index (χ1v) is 9.73. The van der Waals surface area contributed by atoms with E-state index >= 15 is 0 Å². The minimum atomic E-state index is -3.99. The van der Waals surface area contributed by atoms with Gasteiger partial charge in [0.2, 0.25) is 17.7 Å². The Balaban J connectivity index is 2.04. The molecule has 132 valence electrons. The Morgan fingerprint density at radius 1 is 1.16 bits per heavy atom. The topological polar surface area (TPSA) is 108 Å². The van der Waals surface area contributed by atoms with Gasteiger partial charge >= 0.3 is 0 Å². The van der Waals surface area contributed by atoms with Gasteiger partial charge in [-0.1, -0.05) is 15.9 Å². The number of nitrogens with one attached hydrogen (secondary N) is 1. The van der Waals surface area contributed by atoms with Gasteiger partial charge in [0.1, 0.15) is 10.1 Å². The summed E-state index contributed by atoms with van der Waals surface area (Å²) in [4.78, 5) is 12.1. The highest BCUT2D eigenvalue weighted by Crippen LogP contribution is 2.32. The van der Waals surface area contributed by atoms with Crippen molar-refractivity contribution in [1.29, 1.82) is 0 Å². The molecular weight excluding hydrogens is 482 g/mol. The molecule has 12 heteroatoms. The van der Waals surface area contributed by atoms with Gasteiger partial charge in [0.05, 0.1) is 20.4 Å². The first kappa shape index (κ1) is 17.9. The van der Waals surface area contributed by atoms with Crippen LogP contribution in [0.25, 0.3) is 5.65 Å². The van der Waals surface area contributed by atoms with Crippen LogP contribution in [-0.4, -0.2) is 42.0 Å². The van der Waals surface area contributed by atoms with Crippen LogP contribution in [0.15, 0.2) is 38.5 Å². The quantitative estimate of drug-likeness (QED) is 0.582. The maximum atomic E-state index is 12.7. The molecule has 0 unspecified atom stereocenters. The smallest absolute Gasteiger partial charge is 0.281 e. The van der Waals surface area contributed by atoms with E-state index in [1.54, 1.807) is 18.3 Å². The molecule has 3 heterocycles. The molecule has 0 saturated heterocycles. The first-order valence-electron chi connectivity index (χ1n) is 6.66. The van der Waals surface area contributed by atoms with E-state index in [0.29, 0.717) is 10.1 Å². The molecule has 0 bridgehead atoms. The predicted molar refractivity (Wildman–Crippen MR) is 96.5 cm³/mol. The van der Waals surface area contributed by atoms with Crippen molar-refractivity contribution in [3.8, 4) is 11.8 Å². The number of rotatable bonds is 5. The van der Waals surface area contributed by atoms with Gasteiger partial charge in [0.15, 0.2) is 5.03 Å². The zero-order valence-corrected chi connectivity index (χ0v) is 16.9. The van der Waals surface area contributed by atoms with E-state index in [9.17, 15) is 8.42 Å². The molecule has 0 aromatic carbocycles. The normalized spacial score (nSPS) is 11.5. The number of aromatic nitrogens is 4. The van der Waals surface area contributed by atoms with Crippen LogP contribution in [0.5, 0.6) is 11.8 Å². The van der Waals surface area contributed by atoms with Crippen LogP contribution < -0.4 is 14.2 Å². The average Bonchev–Trinajstić information content (AvgIpc) is 2.99. The van der Waals surface area contributed by atoms with Gasteiger partial charge in [0.25, 0.3) is 10.0 Å². The molecule has 1 N–H and O–H groups in total. The number of halogens is 2. The molecule has 9 nitrogen and oxygen atoms in total. The summed E-state index contributed by atoms with van der Waals surface area (Å²) >= 11 is 6.54. The maximum Gasteiger partial charge on any atom is 0.281 e. The second kappa shape index (κ2) is 6.77. The summed E-state index contributed by atoms with van der Waals surface area (Å²) in [6.07, 6.45) is 2.84. The van der Waals surface area contributed by atoms with Crippen molar-refractivity contribution in [2.45, 2.75) is 5.03 Å². The first-order chi connectivity index (χ1) is 11.9. The van der Waals surface area contributed by atoms with Crippen molar-refractivity contribution < 1.29 is 17.9 Å². The van der Waals surface area contributed by atoms with Crippen molar-refractivity contribution in [3.05, 3.63) is 33.5 Å². The zero-order chi connectivity index (χ0) is 18.2. The Labute approximate surface area is 159 Å². The Hall–Kier alpha value is -1.92. The zero-order valence-electron chi connectivity index (χ0n) is 12.9. The lowest BCUT2D eigenvalue weighted by Gasteiger charge is -2.11. The lowest BCUT2D eigenvalue weighted by molar-refractivity contribution is 0.368. The molecule has 0 fully saturated rings. The van der Waals surface area contributed by atoms with Gasteiger partial charge in [-0.05, 0) is 28.1 Å². The minimum Gasteiger partial charge on any atom is -0.480 e. The lowest BCUT2D eigenvalue weighted by atomic mass is 10.5.